The van der Waals surface area contributed by atoms with Crippen LogP contribution in [0.5, 0.6) is 5.88 Å². The minimum absolute atomic E-state index is 0.217. The first-order chi connectivity index (χ1) is 27.8. The molecule has 0 bridgehead atoms. The molecule has 0 aliphatic carbocycles. The van der Waals surface area contributed by atoms with Gasteiger partial charge in [0.25, 0.3) is 5.91 Å². The number of nitrogens with zero attached hydrogens (tertiary/aromatic N) is 7. The van der Waals surface area contributed by atoms with Gasteiger partial charge in [-0.15, -0.1) is 0 Å². The zero-order valence-electron chi connectivity index (χ0n) is 32.3. The molecule has 0 saturated carbocycles. The Hall–Kier alpha value is -5.32. The minimum Gasteiger partial charge on any atom is -0.480 e. The van der Waals surface area contributed by atoms with Gasteiger partial charge >= 0.3 is 0 Å². The molecule has 14 heteroatoms. The Labute approximate surface area is 337 Å². The van der Waals surface area contributed by atoms with Gasteiger partial charge in [0.1, 0.15) is 23.5 Å². The highest BCUT2D eigenvalue weighted by atomic mass is 35.5. The van der Waals surface area contributed by atoms with Crippen LogP contribution in [0.1, 0.15) is 71.5 Å². The van der Waals surface area contributed by atoms with E-state index in [1.807, 2.05) is 12.1 Å². The van der Waals surface area contributed by atoms with Crippen molar-refractivity contribution in [3.05, 3.63) is 75.9 Å². The van der Waals surface area contributed by atoms with Crippen molar-refractivity contribution in [3.8, 4) is 11.9 Å². The van der Waals surface area contributed by atoms with Gasteiger partial charge in [-0.25, -0.2) is 0 Å². The number of methoxy groups -OCH3 is 1. The quantitative estimate of drug-likeness (QED) is 0.227. The van der Waals surface area contributed by atoms with Crippen LogP contribution in [0.2, 0.25) is 5.02 Å². The SMILES string of the molecule is COc1nc(N2CCN(CC3CCN(c4ccc(C5CCN(c6ccc(Cl)c7c(C#N)c[nH]c67)CC5)cc4)CC3)CC2)cc2c1C(=O)N([C@H]1CCC(=O)NC1=O)C2. The van der Waals surface area contributed by atoms with E-state index in [2.05, 4.69) is 66.3 Å². The average Bonchev–Trinajstić information content (AvgIpc) is 3.83. The second-order valence-electron chi connectivity index (χ2n) is 16.1. The number of carbonyl (C=O) groups excluding carboxylic acids is 3. The van der Waals surface area contributed by atoms with Crippen molar-refractivity contribution >= 4 is 57.4 Å². The van der Waals surface area contributed by atoms with Gasteiger partial charge in [-0.1, -0.05) is 23.7 Å². The van der Waals surface area contributed by atoms with Crippen molar-refractivity contribution < 1.29 is 19.1 Å². The molecule has 2 N–H and O–H groups in total. The lowest BCUT2D eigenvalue weighted by Gasteiger charge is -2.40. The van der Waals surface area contributed by atoms with E-state index in [4.69, 9.17) is 21.3 Å². The number of aromatic nitrogens is 2. The lowest BCUT2D eigenvalue weighted by molar-refractivity contribution is -0.136. The maximum Gasteiger partial charge on any atom is 0.260 e. The number of H-pyrrole nitrogens is 1. The standard InChI is InChI=1S/C43H48ClN9O4/c1-57-42-39-30(26-53(43(39)56)35-8-9-37(54)48-41(35)55)22-36(47-42)52-20-18-49(19-21-52)25-27-10-14-50(15-11-27)32-4-2-28(3-5-32)29-12-16-51(17-13-29)34-7-6-33(44)38-31(23-45)24-46-40(34)38/h2-7,22,24,27,29,35,46H,8-21,25-26H2,1H3,(H,48,54,55)/t35-/m0/s1. The third kappa shape index (κ3) is 7.14. The van der Waals surface area contributed by atoms with Crippen LogP contribution in [-0.2, 0) is 16.1 Å². The van der Waals surface area contributed by atoms with Crippen LogP contribution in [0, 0.1) is 17.2 Å². The molecule has 57 heavy (non-hydrogen) atoms. The van der Waals surface area contributed by atoms with Crippen LogP contribution < -0.4 is 24.8 Å². The normalized spacial score (nSPS) is 21.3. The fourth-order valence-electron chi connectivity index (χ4n) is 9.70. The number of fused-ring (bicyclic) bond motifs is 2. The first kappa shape index (κ1) is 37.3. The number of benzene rings is 2. The second kappa shape index (κ2) is 15.6. The summed E-state index contributed by atoms with van der Waals surface area (Å²) in [6.07, 6.45) is 6.81. The number of pyridine rings is 1. The molecule has 2 aromatic heterocycles. The molecular weight excluding hydrogens is 742 g/mol. The van der Waals surface area contributed by atoms with Crippen LogP contribution in [-0.4, -0.2) is 110 Å². The molecule has 1 atom stereocenters. The van der Waals surface area contributed by atoms with Crippen molar-refractivity contribution in [1.82, 2.24) is 25.1 Å². The zero-order chi connectivity index (χ0) is 39.2. The summed E-state index contributed by atoms with van der Waals surface area (Å²) in [5.41, 5.74) is 6.59. The van der Waals surface area contributed by atoms with E-state index in [9.17, 15) is 19.6 Å². The topological polar surface area (TPSA) is 141 Å². The maximum atomic E-state index is 13.4. The number of piperazine rings is 1. The number of piperidine rings is 3. The van der Waals surface area contributed by atoms with E-state index in [0.29, 0.717) is 41.0 Å². The number of amides is 3. The smallest absolute Gasteiger partial charge is 0.260 e. The van der Waals surface area contributed by atoms with Gasteiger partial charge in [-0.2, -0.15) is 10.2 Å². The number of nitriles is 1. The molecule has 9 rings (SSSR count). The Balaban J connectivity index is 0.740. The molecular formula is C43H48ClN9O4. The number of halogens is 1. The Morgan fingerprint density at radius 1 is 0.895 bits per heavy atom. The highest BCUT2D eigenvalue weighted by molar-refractivity contribution is 6.36. The summed E-state index contributed by atoms with van der Waals surface area (Å²) >= 11 is 6.46. The largest absolute Gasteiger partial charge is 0.480 e. The summed E-state index contributed by atoms with van der Waals surface area (Å²) in [5, 5.41) is 13.3. The van der Waals surface area contributed by atoms with Gasteiger partial charge in [-0.05, 0) is 85.4 Å². The highest BCUT2D eigenvalue weighted by Gasteiger charge is 2.41. The van der Waals surface area contributed by atoms with E-state index < -0.39 is 11.9 Å². The molecule has 3 amide bonds. The van der Waals surface area contributed by atoms with E-state index in [1.165, 1.54) is 31.2 Å². The summed E-state index contributed by atoms with van der Waals surface area (Å²) in [6.45, 7) is 9.02. The summed E-state index contributed by atoms with van der Waals surface area (Å²) in [5.74, 6) is 1.28. The predicted octanol–water partition coefficient (Wildman–Crippen LogP) is 5.28. The second-order valence-corrected chi connectivity index (χ2v) is 16.5. The van der Waals surface area contributed by atoms with Crippen LogP contribution in [0.25, 0.3) is 10.9 Å². The number of hydrogen-bond donors (Lipinski definition) is 2. The molecule has 296 valence electrons. The van der Waals surface area contributed by atoms with Gasteiger partial charge in [0.15, 0.2) is 0 Å². The number of rotatable bonds is 8. The van der Waals surface area contributed by atoms with E-state index in [0.717, 1.165) is 99.7 Å². The number of aromatic amines is 1. The van der Waals surface area contributed by atoms with Gasteiger partial charge in [0.05, 0.1) is 28.9 Å². The molecule has 2 aromatic carbocycles. The van der Waals surface area contributed by atoms with Gasteiger partial charge in [0, 0.05) is 89.1 Å². The monoisotopic (exact) mass is 789 g/mol. The number of carbonyl (C=O) groups is 3. The van der Waals surface area contributed by atoms with Crippen LogP contribution in [0.3, 0.4) is 0 Å². The van der Waals surface area contributed by atoms with Crippen LogP contribution >= 0.6 is 11.6 Å². The van der Waals surface area contributed by atoms with E-state index in [1.54, 1.807) is 11.1 Å². The Morgan fingerprint density at radius 2 is 1.63 bits per heavy atom. The maximum absolute atomic E-state index is 13.4. The number of ether oxygens (including phenoxy) is 1. The fourth-order valence-corrected chi connectivity index (χ4v) is 9.96. The summed E-state index contributed by atoms with van der Waals surface area (Å²) in [7, 11) is 1.52. The number of anilines is 3. The molecule has 0 spiro atoms. The third-order valence-electron chi connectivity index (χ3n) is 12.9. The van der Waals surface area contributed by atoms with Crippen molar-refractivity contribution in [3.63, 3.8) is 0 Å². The van der Waals surface area contributed by atoms with Crippen molar-refractivity contribution in [1.29, 1.82) is 5.26 Å². The number of hydrogen-bond acceptors (Lipinski definition) is 10. The molecule has 0 radical (unpaired) electrons. The first-order valence-electron chi connectivity index (χ1n) is 20.3. The minimum atomic E-state index is -0.673. The number of imide groups is 1. The van der Waals surface area contributed by atoms with Gasteiger partial charge in [0.2, 0.25) is 17.7 Å². The summed E-state index contributed by atoms with van der Waals surface area (Å²) in [4.78, 5) is 57.0. The molecule has 5 aliphatic rings. The van der Waals surface area contributed by atoms with E-state index >= 15 is 0 Å². The van der Waals surface area contributed by atoms with Crippen LogP contribution in [0.15, 0.2) is 48.7 Å². The van der Waals surface area contributed by atoms with Crippen LogP contribution in [0.4, 0.5) is 17.2 Å². The third-order valence-corrected chi connectivity index (χ3v) is 13.2. The molecule has 4 fully saturated rings. The molecule has 4 saturated heterocycles. The Kier molecular flexibility index (Phi) is 10.2. The summed E-state index contributed by atoms with van der Waals surface area (Å²) < 4.78 is 5.60. The first-order valence-corrected chi connectivity index (χ1v) is 20.6. The molecule has 5 aliphatic heterocycles. The Morgan fingerprint density at radius 3 is 2.33 bits per heavy atom. The fraction of sp³-hybridized carbons (Fsp3) is 0.465. The molecule has 0 unspecified atom stereocenters. The molecule has 4 aromatic rings. The van der Waals surface area contributed by atoms with Gasteiger partial charge in [-0.3, -0.25) is 24.6 Å². The number of nitrogens with one attached hydrogen (secondary N) is 2. The predicted molar refractivity (Wildman–Crippen MR) is 219 cm³/mol. The van der Waals surface area contributed by atoms with Gasteiger partial charge < -0.3 is 29.3 Å². The summed E-state index contributed by atoms with van der Waals surface area (Å²) in [6, 6.07) is 16.8. The lowest BCUT2D eigenvalue weighted by atomic mass is 9.89. The van der Waals surface area contributed by atoms with Crippen molar-refractivity contribution in [2.24, 2.45) is 5.92 Å². The average molecular weight is 790 g/mol. The zero-order valence-corrected chi connectivity index (χ0v) is 33.1. The Bertz CT molecular complexity index is 2230. The molecule has 7 heterocycles. The lowest BCUT2D eigenvalue weighted by Crippen LogP contribution is -2.52. The van der Waals surface area contributed by atoms with Crippen molar-refractivity contribution in [2.45, 2.75) is 57.0 Å². The molecule has 13 nitrogen and oxygen atoms in total. The van der Waals surface area contributed by atoms with E-state index in [-0.39, 0.29) is 24.1 Å². The van der Waals surface area contributed by atoms with Crippen molar-refractivity contribution in [2.75, 3.05) is 80.7 Å². The highest BCUT2D eigenvalue weighted by Crippen LogP contribution is 2.39.